The molecule has 0 radical (unpaired) electrons. The fourth-order valence-electron chi connectivity index (χ4n) is 2.12. The van der Waals surface area contributed by atoms with E-state index in [0.717, 1.165) is 0 Å². The molecule has 0 aromatic heterocycles. The summed E-state index contributed by atoms with van der Waals surface area (Å²) in [4.78, 5) is 23.8. The number of non-ortho nitro benzene ring substituents is 1. The van der Waals surface area contributed by atoms with Gasteiger partial charge in [-0.25, -0.2) is 0 Å². The van der Waals surface area contributed by atoms with Crippen LogP contribution in [-0.2, 0) is 4.79 Å². The molecule has 1 unspecified atom stereocenters. The molecule has 1 aliphatic rings. The zero-order valence-electron chi connectivity index (χ0n) is 10.3. The summed E-state index contributed by atoms with van der Waals surface area (Å²) in [6, 6.07) is 3.59. The molecule has 0 aliphatic carbocycles. The number of fused-ring (bicyclic) bond motifs is 1. The Kier molecular flexibility index (Phi) is 3.04. The molecule has 1 amide bonds. The number of nitro groups is 1. The van der Waals surface area contributed by atoms with E-state index in [4.69, 9.17) is 5.73 Å². The van der Waals surface area contributed by atoms with Crippen molar-refractivity contribution in [3.63, 3.8) is 0 Å². The number of nitrogens with two attached hydrogens (primary N) is 1. The Bertz CT molecular complexity index is 513. The average Bonchev–Trinajstić information content (AvgIpc) is 2.54. The zero-order valence-corrected chi connectivity index (χ0v) is 10.3. The number of nitrogens with zero attached hydrogens (tertiary/aromatic N) is 2. The van der Waals surface area contributed by atoms with Crippen LogP contribution >= 0.6 is 0 Å². The van der Waals surface area contributed by atoms with E-state index in [2.05, 4.69) is 0 Å². The van der Waals surface area contributed by atoms with E-state index in [-0.39, 0.29) is 11.6 Å². The SMILES string of the molecule is CC(C)CN1C(=O)C(N)c2cc([N+](=O)[O-])ccc21. The minimum atomic E-state index is -0.793. The van der Waals surface area contributed by atoms with E-state index in [1.807, 2.05) is 13.8 Å². The van der Waals surface area contributed by atoms with Crippen molar-refractivity contribution >= 4 is 17.3 Å². The molecule has 1 heterocycles. The van der Waals surface area contributed by atoms with Crippen LogP contribution in [0.3, 0.4) is 0 Å². The van der Waals surface area contributed by atoms with Crippen LogP contribution in [0.15, 0.2) is 18.2 Å². The summed E-state index contributed by atoms with van der Waals surface area (Å²) in [6.45, 7) is 4.57. The molecule has 6 heteroatoms. The number of rotatable bonds is 3. The van der Waals surface area contributed by atoms with Gasteiger partial charge in [0.2, 0.25) is 5.91 Å². The van der Waals surface area contributed by atoms with Gasteiger partial charge in [-0.2, -0.15) is 0 Å². The van der Waals surface area contributed by atoms with Crippen molar-refractivity contribution in [1.29, 1.82) is 0 Å². The molecule has 1 aromatic carbocycles. The lowest BCUT2D eigenvalue weighted by Crippen LogP contribution is -2.34. The van der Waals surface area contributed by atoms with E-state index in [1.165, 1.54) is 12.1 Å². The Morgan fingerprint density at radius 1 is 1.50 bits per heavy atom. The maximum absolute atomic E-state index is 12.0. The van der Waals surface area contributed by atoms with Gasteiger partial charge in [-0.05, 0) is 12.0 Å². The first-order chi connectivity index (χ1) is 8.41. The van der Waals surface area contributed by atoms with Gasteiger partial charge >= 0.3 is 0 Å². The van der Waals surface area contributed by atoms with Crippen molar-refractivity contribution in [3.05, 3.63) is 33.9 Å². The highest BCUT2D eigenvalue weighted by molar-refractivity contribution is 6.04. The first-order valence-corrected chi connectivity index (χ1v) is 5.77. The molecule has 1 aliphatic heterocycles. The van der Waals surface area contributed by atoms with Gasteiger partial charge in [-0.15, -0.1) is 0 Å². The van der Waals surface area contributed by atoms with Gasteiger partial charge in [0.25, 0.3) is 5.69 Å². The van der Waals surface area contributed by atoms with E-state index < -0.39 is 11.0 Å². The predicted octanol–water partition coefficient (Wildman–Crippen LogP) is 1.60. The molecule has 0 bridgehead atoms. The number of amides is 1. The lowest BCUT2D eigenvalue weighted by Gasteiger charge is -2.19. The van der Waals surface area contributed by atoms with Crippen LogP contribution in [0, 0.1) is 16.0 Å². The van der Waals surface area contributed by atoms with E-state index in [0.29, 0.717) is 23.7 Å². The lowest BCUT2D eigenvalue weighted by molar-refractivity contribution is -0.384. The summed E-state index contributed by atoms with van der Waals surface area (Å²) in [7, 11) is 0. The van der Waals surface area contributed by atoms with E-state index in [1.54, 1.807) is 11.0 Å². The predicted molar refractivity (Wildman–Crippen MR) is 67.2 cm³/mol. The highest BCUT2D eigenvalue weighted by Crippen LogP contribution is 2.37. The van der Waals surface area contributed by atoms with Crippen LogP contribution in [0.2, 0.25) is 0 Å². The highest BCUT2D eigenvalue weighted by atomic mass is 16.6. The van der Waals surface area contributed by atoms with E-state index in [9.17, 15) is 14.9 Å². The number of carbonyl (C=O) groups is 1. The number of carbonyl (C=O) groups excluding carboxylic acids is 1. The normalized spacial score (nSPS) is 18.3. The Morgan fingerprint density at radius 2 is 2.17 bits per heavy atom. The monoisotopic (exact) mass is 249 g/mol. The van der Waals surface area contributed by atoms with Crippen LogP contribution in [0.5, 0.6) is 0 Å². The smallest absolute Gasteiger partial charge is 0.269 e. The largest absolute Gasteiger partial charge is 0.316 e. The van der Waals surface area contributed by atoms with Crippen molar-refractivity contribution in [1.82, 2.24) is 0 Å². The molecular weight excluding hydrogens is 234 g/mol. The van der Waals surface area contributed by atoms with E-state index >= 15 is 0 Å². The third kappa shape index (κ3) is 1.95. The zero-order chi connectivity index (χ0) is 13.4. The third-order valence-corrected chi connectivity index (χ3v) is 2.93. The summed E-state index contributed by atoms with van der Waals surface area (Å²) < 4.78 is 0. The van der Waals surface area contributed by atoms with Gasteiger partial charge in [-0.1, -0.05) is 13.8 Å². The van der Waals surface area contributed by atoms with Crippen molar-refractivity contribution in [2.75, 3.05) is 11.4 Å². The average molecular weight is 249 g/mol. The van der Waals surface area contributed by atoms with Gasteiger partial charge in [0.05, 0.1) is 4.92 Å². The van der Waals surface area contributed by atoms with Gasteiger partial charge in [0.1, 0.15) is 6.04 Å². The minimum absolute atomic E-state index is 0.0385. The molecule has 2 rings (SSSR count). The van der Waals surface area contributed by atoms with Crippen molar-refractivity contribution in [2.45, 2.75) is 19.9 Å². The number of hydrogen-bond acceptors (Lipinski definition) is 4. The quantitative estimate of drug-likeness (QED) is 0.650. The molecule has 1 atom stereocenters. The Balaban J connectivity index is 2.44. The summed E-state index contributed by atoms with van der Waals surface area (Å²) in [6.07, 6.45) is 0. The fourth-order valence-corrected chi connectivity index (χ4v) is 2.12. The summed E-state index contributed by atoms with van der Waals surface area (Å²) >= 11 is 0. The third-order valence-electron chi connectivity index (χ3n) is 2.93. The molecule has 18 heavy (non-hydrogen) atoms. The molecular formula is C12H15N3O3. The molecule has 6 nitrogen and oxygen atoms in total. The number of nitro benzene ring substituents is 1. The van der Waals surface area contributed by atoms with Crippen LogP contribution in [0.4, 0.5) is 11.4 Å². The van der Waals surface area contributed by atoms with Gasteiger partial charge < -0.3 is 10.6 Å². The molecule has 96 valence electrons. The van der Waals surface area contributed by atoms with Crippen molar-refractivity contribution < 1.29 is 9.72 Å². The number of anilines is 1. The standard InChI is InChI=1S/C12H15N3O3/c1-7(2)6-14-10-4-3-8(15(17)18)5-9(10)11(13)12(14)16/h3-5,7,11H,6,13H2,1-2H3. The first kappa shape index (κ1) is 12.5. The van der Waals surface area contributed by atoms with Crippen LogP contribution in [0.1, 0.15) is 25.5 Å². The first-order valence-electron chi connectivity index (χ1n) is 5.77. The van der Waals surface area contributed by atoms with Gasteiger partial charge in [0, 0.05) is 29.9 Å². The molecule has 1 aromatic rings. The molecule has 2 N–H and O–H groups in total. The second-order valence-corrected chi connectivity index (χ2v) is 4.82. The van der Waals surface area contributed by atoms with Crippen molar-refractivity contribution in [3.8, 4) is 0 Å². The minimum Gasteiger partial charge on any atom is -0.316 e. The fraction of sp³-hybridized carbons (Fsp3) is 0.417. The van der Waals surface area contributed by atoms with Gasteiger partial charge in [0.15, 0.2) is 0 Å². The lowest BCUT2D eigenvalue weighted by atomic mass is 10.1. The second kappa shape index (κ2) is 4.38. The second-order valence-electron chi connectivity index (χ2n) is 4.82. The molecule has 0 saturated carbocycles. The van der Waals surface area contributed by atoms with Gasteiger partial charge in [-0.3, -0.25) is 14.9 Å². The molecule has 0 fully saturated rings. The number of benzene rings is 1. The Hall–Kier alpha value is -1.95. The summed E-state index contributed by atoms with van der Waals surface area (Å²) in [5, 5.41) is 10.7. The molecule has 0 spiro atoms. The van der Waals surface area contributed by atoms with Crippen molar-refractivity contribution in [2.24, 2.45) is 11.7 Å². The maximum Gasteiger partial charge on any atom is 0.269 e. The Morgan fingerprint density at radius 3 is 2.72 bits per heavy atom. The highest BCUT2D eigenvalue weighted by Gasteiger charge is 2.36. The molecule has 0 saturated heterocycles. The van der Waals surface area contributed by atoms with Crippen LogP contribution in [0.25, 0.3) is 0 Å². The topological polar surface area (TPSA) is 89.5 Å². The summed E-state index contributed by atoms with van der Waals surface area (Å²) in [5.74, 6) is 0.112. The Labute approximate surface area is 105 Å². The van der Waals surface area contributed by atoms with Crippen LogP contribution in [-0.4, -0.2) is 17.4 Å². The maximum atomic E-state index is 12.0. The van der Waals surface area contributed by atoms with Crippen LogP contribution < -0.4 is 10.6 Å². The number of hydrogen-bond donors (Lipinski definition) is 1. The summed E-state index contributed by atoms with van der Waals surface area (Å²) in [5.41, 5.74) is 7.00.